The van der Waals surface area contributed by atoms with Gasteiger partial charge in [0.2, 0.25) is 0 Å². The number of carbonyl (C=O) groups is 1. The molecular weight excluding hydrogens is 260 g/mol. The number of aromatic nitrogens is 2. The smallest absolute Gasteiger partial charge is 0.143 e. The molecule has 0 aliphatic rings. The lowest BCUT2D eigenvalue weighted by molar-refractivity contribution is -0.117. The Hall–Kier alpha value is -1.61. The normalized spacial score (nSPS) is 10.7. The van der Waals surface area contributed by atoms with Crippen molar-refractivity contribution in [1.29, 1.82) is 0 Å². The number of halogens is 1. The number of aryl methyl sites for hydroxylation is 2. The fraction of sp³-hybridized carbons (Fsp3) is 0.333. The molecule has 0 saturated carbocycles. The van der Waals surface area contributed by atoms with Crippen molar-refractivity contribution < 1.29 is 4.79 Å². The summed E-state index contributed by atoms with van der Waals surface area (Å²) in [5, 5.41) is 5.04. The molecule has 3 nitrogen and oxygen atoms in total. The van der Waals surface area contributed by atoms with Gasteiger partial charge in [-0.1, -0.05) is 30.7 Å². The maximum atomic E-state index is 12.0. The van der Waals surface area contributed by atoms with Crippen molar-refractivity contribution in [3.8, 4) is 0 Å². The van der Waals surface area contributed by atoms with Gasteiger partial charge in [-0.3, -0.25) is 9.48 Å². The molecule has 0 amide bonds. The van der Waals surface area contributed by atoms with Crippen LogP contribution in [-0.2, 0) is 31.1 Å². The summed E-state index contributed by atoms with van der Waals surface area (Å²) in [7, 11) is 1.88. The molecule has 0 unspecified atom stereocenters. The molecule has 19 heavy (non-hydrogen) atoms. The fourth-order valence-electron chi connectivity index (χ4n) is 2.00. The second-order valence-electron chi connectivity index (χ2n) is 4.62. The molecule has 0 aliphatic carbocycles. The van der Waals surface area contributed by atoms with E-state index in [1.807, 2.05) is 37.4 Å². The van der Waals surface area contributed by atoms with E-state index in [1.165, 1.54) is 0 Å². The van der Waals surface area contributed by atoms with Gasteiger partial charge in [-0.05, 0) is 30.2 Å². The first-order valence-corrected chi connectivity index (χ1v) is 6.74. The molecule has 1 aromatic carbocycles. The van der Waals surface area contributed by atoms with Gasteiger partial charge in [-0.25, -0.2) is 0 Å². The fourth-order valence-corrected chi connectivity index (χ4v) is 2.13. The quantitative estimate of drug-likeness (QED) is 0.841. The van der Waals surface area contributed by atoms with Crippen LogP contribution in [0.5, 0.6) is 0 Å². The third-order valence-corrected chi connectivity index (χ3v) is 3.33. The Kier molecular flexibility index (Phi) is 4.38. The topological polar surface area (TPSA) is 34.9 Å². The van der Waals surface area contributed by atoms with Crippen molar-refractivity contribution in [2.24, 2.45) is 7.05 Å². The largest absolute Gasteiger partial charge is 0.299 e. The van der Waals surface area contributed by atoms with E-state index in [-0.39, 0.29) is 5.78 Å². The summed E-state index contributed by atoms with van der Waals surface area (Å²) in [6, 6.07) is 9.40. The molecule has 1 heterocycles. The van der Waals surface area contributed by atoms with Crippen molar-refractivity contribution in [3.63, 3.8) is 0 Å². The second-order valence-corrected chi connectivity index (χ2v) is 5.06. The molecule has 0 radical (unpaired) electrons. The highest BCUT2D eigenvalue weighted by molar-refractivity contribution is 6.30. The number of rotatable bonds is 5. The van der Waals surface area contributed by atoms with Gasteiger partial charge in [-0.2, -0.15) is 5.10 Å². The van der Waals surface area contributed by atoms with E-state index in [4.69, 9.17) is 11.6 Å². The van der Waals surface area contributed by atoms with Crippen LogP contribution in [0.25, 0.3) is 0 Å². The molecule has 0 aliphatic heterocycles. The van der Waals surface area contributed by atoms with E-state index >= 15 is 0 Å². The Labute approximate surface area is 118 Å². The molecule has 1 aromatic heterocycles. The minimum Gasteiger partial charge on any atom is -0.299 e. The molecule has 0 atom stereocenters. The summed E-state index contributed by atoms with van der Waals surface area (Å²) in [5.41, 5.74) is 2.99. The molecule has 0 spiro atoms. The van der Waals surface area contributed by atoms with Crippen LogP contribution >= 0.6 is 11.6 Å². The van der Waals surface area contributed by atoms with Crippen molar-refractivity contribution in [2.75, 3.05) is 0 Å². The van der Waals surface area contributed by atoms with Crippen LogP contribution in [-0.4, -0.2) is 15.6 Å². The first kappa shape index (κ1) is 13.8. The summed E-state index contributed by atoms with van der Waals surface area (Å²) >= 11 is 5.82. The maximum absolute atomic E-state index is 12.0. The van der Waals surface area contributed by atoms with Gasteiger partial charge in [-0.15, -0.1) is 0 Å². The Balaban J connectivity index is 2.00. The predicted octanol–water partition coefficient (Wildman–Crippen LogP) is 2.99. The van der Waals surface area contributed by atoms with Gasteiger partial charge < -0.3 is 0 Å². The van der Waals surface area contributed by atoms with Crippen LogP contribution in [0.3, 0.4) is 0 Å². The van der Waals surface area contributed by atoms with E-state index in [2.05, 4.69) is 12.0 Å². The lowest BCUT2D eigenvalue weighted by Crippen LogP contribution is -2.10. The van der Waals surface area contributed by atoms with Gasteiger partial charge in [0.05, 0.1) is 5.69 Å². The molecule has 2 aromatic rings. The predicted molar refractivity (Wildman–Crippen MR) is 76.5 cm³/mol. The Bertz CT molecular complexity index is 572. The molecule has 0 saturated heterocycles. The van der Waals surface area contributed by atoms with E-state index < -0.39 is 0 Å². The monoisotopic (exact) mass is 276 g/mol. The SMILES string of the molecule is CCc1cc(CC(=O)Cc2ccc(Cl)cc2)n(C)n1. The number of Topliss-reactive ketones (excluding diaryl/α,β-unsaturated/α-hetero) is 1. The first-order chi connectivity index (χ1) is 9.08. The second kappa shape index (κ2) is 6.02. The molecule has 0 fully saturated rings. The van der Waals surface area contributed by atoms with Crippen molar-refractivity contribution >= 4 is 17.4 Å². The third-order valence-electron chi connectivity index (χ3n) is 3.08. The van der Waals surface area contributed by atoms with Crippen LogP contribution in [0.15, 0.2) is 30.3 Å². The highest BCUT2D eigenvalue weighted by Crippen LogP contribution is 2.12. The lowest BCUT2D eigenvalue weighted by atomic mass is 10.1. The molecule has 4 heteroatoms. The summed E-state index contributed by atoms with van der Waals surface area (Å²) in [6.07, 6.45) is 1.75. The van der Waals surface area contributed by atoms with Gasteiger partial charge in [0.25, 0.3) is 0 Å². The van der Waals surface area contributed by atoms with Crippen LogP contribution in [0.4, 0.5) is 0 Å². The lowest BCUT2D eigenvalue weighted by Gasteiger charge is -2.02. The molecule has 0 N–H and O–H groups in total. The van der Waals surface area contributed by atoms with Crippen molar-refractivity contribution in [2.45, 2.75) is 26.2 Å². The highest BCUT2D eigenvalue weighted by atomic mass is 35.5. The van der Waals surface area contributed by atoms with Crippen molar-refractivity contribution in [3.05, 3.63) is 52.3 Å². The maximum Gasteiger partial charge on any atom is 0.143 e. The molecule has 0 bridgehead atoms. The van der Waals surface area contributed by atoms with Crippen molar-refractivity contribution in [1.82, 2.24) is 9.78 Å². The molecular formula is C15H17ClN2O. The Morgan fingerprint density at radius 1 is 1.26 bits per heavy atom. The van der Waals surface area contributed by atoms with Gasteiger partial charge in [0, 0.05) is 30.6 Å². The van der Waals surface area contributed by atoms with Crippen LogP contribution in [0.2, 0.25) is 5.02 Å². The number of hydrogen-bond donors (Lipinski definition) is 0. The van der Waals surface area contributed by atoms with E-state index in [9.17, 15) is 4.79 Å². The molecule has 2 rings (SSSR count). The summed E-state index contributed by atoms with van der Waals surface area (Å²) in [6.45, 7) is 2.06. The first-order valence-electron chi connectivity index (χ1n) is 6.36. The minimum absolute atomic E-state index is 0.188. The zero-order valence-corrected chi connectivity index (χ0v) is 11.9. The summed E-state index contributed by atoms with van der Waals surface area (Å²) in [5.74, 6) is 0.188. The number of ketones is 1. The highest BCUT2D eigenvalue weighted by Gasteiger charge is 2.10. The minimum atomic E-state index is 0.188. The van der Waals surface area contributed by atoms with Gasteiger partial charge in [0.1, 0.15) is 5.78 Å². The van der Waals surface area contributed by atoms with Crippen LogP contribution in [0.1, 0.15) is 23.9 Å². The Morgan fingerprint density at radius 3 is 2.53 bits per heavy atom. The van der Waals surface area contributed by atoms with E-state index in [1.54, 1.807) is 4.68 Å². The average Bonchev–Trinajstić information content (AvgIpc) is 2.73. The number of carbonyl (C=O) groups excluding carboxylic acids is 1. The molecule has 100 valence electrons. The third kappa shape index (κ3) is 3.67. The number of nitrogens with zero attached hydrogens (tertiary/aromatic N) is 2. The van der Waals surface area contributed by atoms with E-state index in [0.717, 1.165) is 23.4 Å². The standard InChI is InChI=1S/C15H17ClN2O/c1-3-13-9-14(18(2)17-13)10-15(19)8-11-4-6-12(16)7-5-11/h4-7,9H,3,8,10H2,1-2H3. The van der Waals surface area contributed by atoms with Crippen LogP contribution < -0.4 is 0 Å². The zero-order valence-electron chi connectivity index (χ0n) is 11.2. The van der Waals surface area contributed by atoms with E-state index in [0.29, 0.717) is 17.9 Å². The summed E-state index contributed by atoms with van der Waals surface area (Å²) < 4.78 is 1.79. The Morgan fingerprint density at radius 2 is 1.95 bits per heavy atom. The average molecular weight is 277 g/mol. The van der Waals surface area contributed by atoms with Crippen LogP contribution in [0, 0.1) is 0 Å². The number of benzene rings is 1. The number of hydrogen-bond acceptors (Lipinski definition) is 2. The zero-order chi connectivity index (χ0) is 13.8. The summed E-state index contributed by atoms with van der Waals surface area (Å²) in [4.78, 5) is 12.0. The van der Waals surface area contributed by atoms with Gasteiger partial charge >= 0.3 is 0 Å². The van der Waals surface area contributed by atoms with Gasteiger partial charge in [0.15, 0.2) is 0 Å².